The largest absolute Gasteiger partial charge is 0.344 e. The summed E-state index contributed by atoms with van der Waals surface area (Å²) in [6.07, 6.45) is 5.12. The highest BCUT2D eigenvalue weighted by atomic mass is 16.2. The number of carbonyl (C=O) groups excluding carboxylic acids is 2. The number of nitrogens with one attached hydrogen (secondary N) is 1. The van der Waals surface area contributed by atoms with Crippen LogP contribution in [0.4, 0.5) is 0 Å². The molecule has 4 nitrogen and oxygen atoms in total. The first-order valence-corrected chi connectivity index (χ1v) is 7.04. The van der Waals surface area contributed by atoms with E-state index in [-0.39, 0.29) is 23.8 Å². The minimum atomic E-state index is -0.419. The maximum absolute atomic E-state index is 12.1. The maximum Gasteiger partial charge on any atom is 0.244 e. The van der Waals surface area contributed by atoms with Crippen LogP contribution in [0.1, 0.15) is 52.9 Å². The van der Waals surface area contributed by atoms with E-state index in [0.717, 1.165) is 32.1 Å². The monoisotopic (exact) mass is 254 g/mol. The van der Waals surface area contributed by atoms with Crippen molar-refractivity contribution in [3.8, 4) is 0 Å². The Hall–Kier alpha value is -1.06. The zero-order valence-electron chi connectivity index (χ0n) is 12.0. The second-order valence-electron chi connectivity index (χ2n) is 5.42. The van der Waals surface area contributed by atoms with Crippen molar-refractivity contribution in [2.45, 2.75) is 65.0 Å². The molecule has 0 spiro atoms. The Labute approximate surface area is 110 Å². The van der Waals surface area contributed by atoms with Crippen LogP contribution < -0.4 is 5.32 Å². The van der Waals surface area contributed by atoms with Gasteiger partial charge in [-0.05, 0) is 33.1 Å². The van der Waals surface area contributed by atoms with E-state index in [1.807, 2.05) is 6.92 Å². The van der Waals surface area contributed by atoms with Crippen molar-refractivity contribution < 1.29 is 9.59 Å². The molecule has 2 atom stereocenters. The first kappa shape index (κ1) is 15.0. The number of likely N-dealkylation sites (N-methyl/N-ethyl adjacent to an activating group) is 1. The quantitative estimate of drug-likeness (QED) is 0.815. The van der Waals surface area contributed by atoms with E-state index in [1.54, 1.807) is 18.9 Å². The fourth-order valence-electron chi connectivity index (χ4n) is 2.38. The van der Waals surface area contributed by atoms with Crippen LogP contribution in [0.25, 0.3) is 0 Å². The van der Waals surface area contributed by atoms with Crippen LogP contribution in [-0.2, 0) is 9.59 Å². The van der Waals surface area contributed by atoms with Gasteiger partial charge < -0.3 is 10.2 Å². The number of hydrogen-bond donors (Lipinski definition) is 1. The summed E-state index contributed by atoms with van der Waals surface area (Å²) in [6.45, 7) is 5.84. The Morgan fingerprint density at radius 1 is 1.28 bits per heavy atom. The van der Waals surface area contributed by atoms with Gasteiger partial charge in [-0.2, -0.15) is 0 Å². The van der Waals surface area contributed by atoms with Crippen LogP contribution in [0.3, 0.4) is 0 Å². The lowest BCUT2D eigenvalue weighted by Gasteiger charge is -2.27. The van der Waals surface area contributed by atoms with E-state index >= 15 is 0 Å². The van der Waals surface area contributed by atoms with Crippen LogP contribution in [0.2, 0.25) is 0 Å². The summed E-state index contributed by atoms with van der Waals surface area (Å²) >= 11 is 0. The van der Waals surface area contributed by atoms with E-state index in [9.17, 15) is 9.59 Å². The SMILES string of the molecule is CC[C@H](C)N(C)C(=O)[C@@H](C)NC(=O)C1CCCC1. The molecule has 18 heavy (non-hydrogen) atoms. The summed E-state index contributed by atoms with van der Waals surface area (Å²) in [6, 6.07) is -0.208. The predicted octanol–water partition coefficient (Wildman–Crippen LogP) is 1.94. The smallest absolute Gasteiger partial charge is 0.244 e. The topological polar surface area (TPSA) is 49.4 Å². The van der Waals surface area contributed by atoms with Gasteiger partial charge in [0, 0.05) is 19.0 Å². The lowest BCUT2D eigenvalue weighted by Crippen LogP contribution is -2.49. The molecule has 104 valence electrons. The van der Waals surface area contributed by atoms with Gasteiger partial charge >= 0.3 is 0 Å². The fourth-order valence-corrected chi connectivity index (χ4v) is 2.38. The van der Waals surface area contributed by atoms with Gasteiger partial charge in [0.1, 0.15) is 6.04 Å². The highest BCUT2D eigenvalue weighted by molar-refractivity contribution is 5.88. The number of amides is 2. The Morgan fingerprint density at radius 3 is 2.33 bits per heavy atom. The van der Waals surface area contributed by atoms with Crippen molar-refractivity contribution in [2.24, 2.45) is 5.92 Å². The average Bonchev–Trinajstić information content (AvgIpc) is 2.89. The molecule has 0 unspecified atom stereocenters. The van der Waals surface area contributed by atoms with Gasteiger partial charge in [-0.15, -0.1) is 0 Å². The van der Waals surface area contributed by atoms with Crippen molar-refractivity contribution in [2.75, 3.05) is 7.05 Å². The van der Waals surface area contributed by atoms with E-state index in [2.05, 4.69) is 12.2 Å². The van der Waals surface area contributed by atoms with Gasteiger partial charge in [-0.3, -0.25) is 9.59 Å². The van der Waals surface area contributed by atoms with Crippen LogP contribution in [0, 0.1) is 5.92 Å². The van der Waals surface area contributed by atoms with Crippen molar-refractivity contribution >= 4 is 11.8 Å². The number of rotatable bonds is 5. The molecule has 0 aliphatic heterocycles. The molecule has 1 N–H and O–H groups in total. The molecule has 1 rings (SSSR count). The second kappa shape index (κ2) is 6.76. The summed E-state index contributed by atoms with van der Waals surface area (Å²) in [5.74, 6) is 0.163. The van der Waals surface area contributed by atoms with Crippen LogP contribution in [0.15, 0.2) is 0 Å². The van der Waals surface area contributed by atoms with Crippen molar-refractivity contribution in [3.05, 3.63) is 0 Å². The summed E-state index contributed by atoms with van der Waals surface area (Å²) < 4.78 is 0. The molecule has 0 aromatic carbocycles. The van der Waals surface area contributed by atoms with Crippen LogP contribution in [-0.4, -0.2) is 35.8 Å². The van der Waals surface area contributed by atoms with Crippen LogP contribution >= 0.6 is 0 Å². The van der Waals surface area contributed by atoms with Gasteiger partial charge in [0.15, 0.2) is 0 Å². The van der Waals surface area contributed by atoms with E-state index in [4.69, 9.17) is 0 Å². The Balaban J connectivity index is 2.46. The number of hydrogen-bond acceptors (Lipinski definition) is 2. The highest BCUT2D eigenvalue weighted by Crippen LogP contribution is 2.24. The first-order valence-electron chi connectivity index (χ1n) is 7.04. The zero-order chi connectivity index (χ0) is 13.7. The van der Waals surface area contributed by atoms with E-state index < -0.39 is 6.04 Å². The van der Waals surface area contributed by atoms with Gasteiger partial charge in [0.2, 0.25) is 11.8 Å². The molecular formula is C14H26N2O2. The number of carbonyl (C=O) groups is 2. The Morgan fingerprint density at radius 2 is 1.83 bits per heavy atom. The molecule has 4 heteroatoms. The molecule has 2 amide bonds. The fraction of sp³-hybridized carbons (Fsp3) is 0.857. The lowest BCUT2D eigenvalue weighted by molar-refractivity contribution is -0.137. The normalized spacial score (nSPS) is 19.3. The molecule has 0 aromatic rings. The first-order chi connectivity index (χ1) is 8.47. The van der Waals surface area contributed by atoms with Gasteiger partial charge in [-0.25, -0.2) is 0 Å². The molecule has 0 saturated heterocycles. The third-order valence-corrected chi connectivity index (χ3v) is 4.05. The van der Waals surface area contributed by atoms with Crippen molar-refractivity contribution in [1.82, 2.24) is 10.2 Å². The van der Waals surface area contributed by atoms with Crippen molar-refractivity contribution in [3.63, 3.8) is 0 Å². The highest BCUT2D eigenvalue weighted by Gasteiger charge is 2.27. The molecule has 1 aliphatic carbocycles. The molecule has 1 fully saturated rings. The molecule has 0 bridgehead atoms. The summed E-state index contributed by atoms with van der Waals surface area (Å²) in [7, 11) is 1.80. The van der Waals surface area contributed by atoms with E-state index in [0.29, 0.717) is 0 Å². The molecule has 0 heterocycles. The minimum absolute atomic E-state index is 0.00398. The second-order valence-corrected chi connectivity index (χ2v) is 5.42. The molecule has 1 saturated carbocycles. The summed E-state index contributed by atoms with van der Waals surface area (Å²) in [5, 5.41) is 2.85. The maximum atomic E-state index is 12.1. The standard InChI is InChI=1S/C14H26N2O2/c1-5-10(2)16(4)14(18)11(3)15-13(17)12-8-6-7-9-12/h10-12H,5-9H2,1-4H3,(H,15,17)/t10-,11+/m0/s1. The molecular weight excluding hydrogens is 228 g/mol. The zero-order valence-corrected chi connectivity index (χ0v) is 12.0. The molecule has 1 aliphatic rings. The Kier molecular flexibility index (Phi) is 5.63. The Bertz CT molecular complexity index is 298. The van der Waals surface area contributed by atoms with Crippen molar-refractivity contribution in [1.29, 1.82) is 0 Å². The average molecular weight is 254 g/mol. The summed E-state index contributed by atoms with van der Waals surface area (Å²) in [5.41, 5.74) is 0. The van der Waals surface area contributed by atoms with Gasteiger partial charge in [-0.1, -0.05) is 19.8 Å². The van der Waals surface area contributed by atoms with Gasteiger partial charge in [0.25, 0.3) is 0 Å². The van der Waals surface area contributed by atoms with Gasteiger partial charge in [0.05, 0.1) is 0 Å². The van der Waals surface area contributed by atoms with Crippen LogP contribution in [0.5, 0.6) is 0 Å². The minimum Gasteiger partial charge on any atom is -0.344 e. The van der Waals surface area contributed by atoms with E-state index in [1.165, 1.54) is 0 Å². The third kappa shape index (κ3) is 3.72. The predicted molar refractivity (Wildman–Crippen MR) is 72.1 cm³/mol. The molecule has 0 aromatic heterocycles. The lowest BCUT2D eigenvalue weighted by atomic mass is 10.1. The third-order valence-electron chi connectivity index (χ3n) is 4.05. The number of nitrogens with zero attached hydrogens (tertiary/aromatic N) is 1. The molecule has 0 radical (unpaired) electrons. The summed E-state index contributed by atoms with van der Waals surface area (Å²) in [4.78, 5) is 25.8.